The predicted molar refractivity (Wildman–Crippen MR) is 89.4 cm³/mol. The number of methoxy groups -OCH3 is 1. The van der Waals surface area contributed by atoms with Gasteiger partial charge >= 0.3 is 0 Å². The van der Waals surface area contributed by atoms with E-state index in [0.29, 0.717) is 6.54 Å². The van der Waals surface area contributed by atoms with Gasteiger partial charge in [-0.25, -0.2) is 0 Å². The van der Waals surface area contributed by atoms with Gasteiger partial charge < -0.3 is 10.5 Å². The van der Waals surface area contributed by atoms with E-state index in [4.69, 9.17) is 22.1 Å². The summed E-state index contributed by atoms with van der Waals surface area (Å²) in [7, 11) is 1.71. The van der Waals surface area contributed by atoms with Gasteiger partial charge in [-0.1, -0.05) is 35.9 Å². The van der Waals surface area contributed by atoms with E-state index in [9.17, 15) is 0 Å². The Labute approximate surface area is 131 Å². The van der Waals surface area contributed by atoms with Gasteiger partial charge in [0.25, 0.3) is 0 Å². The maximum Gasteiger partial charge on any atom is 0.122 e. The first-order valence-corrected chi connectivity index (χ1v) is 7.53. The molecule has 2 N–H and O–H groups in total. The second-order valence-electron chi connectivity index (χ2n) is 5.41. The van der Waals surface area contributed by atoms with E-state index in [2.05, 4.69) is 32.0 Å². The summed E-state index contributed by atoms with van der Waals surface area (Å²) in [6.45, 7) is 4.76. The van der Waals surface area contributed by atoms with Crippen molar-refractivity contribution in [2.45, 2.75) is 26.2 Å². The van der Waals surface area contributed by atoms with Crippen molar-refractivity contribution in [2.75, 3.05) is 13.7 Å². The number of nitrogens with two attached hydrogens (primary N) is 1. The Morgan fingerprint density at radius 2 is 1.81 bits per heavy atom. The minimum Gasteiger partial charge on any atom is -0.496 e. The standard InChI is InChI=1S/C18H22ClNO/c1-12-8-16(18(21-3)9-13(12)2)15(11-20)10-14-6-4-5-7-17(14)19/h4-9,15H,10-11,20H2,1-3H3. The van der Waals surface area contributed by atoms with Gasteiger partial charge in [-0.15, -0.1) is 0 Å². The Kier molecular flexibility index (Phi) is 5.27. The van der Waals surface area contributed by atoms with Crippen molar-refractivity contribution in [1.29, 1.82) is 0 Å². The number of halogens is 1. The zero-order valence-electron chi connectivity index (χ0n) is 12.8. The smallest absolute Gasteiger partial charge is 0.122 e. The van der Waals surface area contributed by atoms with Crippen LogP contribution in [0.25, 0.3) is 0 Å². The molecule has 0 radical (unpaired) electrons. The lowest BCUT2D eigenvalue weighted by Gasteiger charge is -2.20. The number of ether oxygens (including phenoxy) is 1. The van der Waals surface area contributed by atoms with Crippen LogP contribution in [0.15, 0.2) is 36.4 Å². The normalized spacial score (nSPS) is 12.2. The minimum atomic E-state index is 0.194. The Morgan fingerprint density at radius 1 is 1.14 bits per heavy atom. The molecule has 0 saturated heterocycles. The molecule has 0 spiro atoms. The van der Waals surface area contributed by atoms with Crippen LogP contribution in [0, 0.1) is 13.8 Å². The third-order valence-corrected chi connectivity index (χ3v) is 4.36. The summed E-state index contributed by atoms with van der Waals surface area (Å²) in [5.74, 6) is 1.10. The summed E-state index contributed by atoms with van der Waals surface area (Å²) in [6.07, 6.45) is 0.815. The molecule has 2 aromatic carbocycles. The van der Waals surface area contributed by atoms with Gasteiger partial charge in [0.05, 0.1) is 7.11 Å². The maximum absolute atomic E-state index is 6.27. The molecule has 2 aromatic rings. The van der Waals surface area contributed by atoms with E-state index in [0.717, 1.165) is 28.3 Å². The lowest BCUT2D eigenvalue weighted by atomic mass is 9.89. The van der Waals surface area contributed by atoms with Crippen molar-refractivity contribution < 1.29 is 4.74 Å². The van der Waals surface area contributed by atoms with Crippen LogP contribution in [0.4, 0.5) is 0 Å². The van der Waals surface area contributed by atoms with Crippen molar-refractivity contribution in [3.05, 3.63) is 63.7 Å². The molecular weight excluding hydrogens is 282 g/mol. The van der Waals surface area contributed by atoms with E-state index >= 15 is 0 Å². The second kappa shape index (κ2) is 6.97. The largest absolute Gasteiger partial charge is 0.496 e. The molecule has 0 aliphatic carbocycles. The minimum absolute atomic E-state index is 0.194. The Hall–Kier alpha value is -1.51. The van der Waals surface area contributed by atoms with Gasteiger partial charge in [0.2, 0.25) is 0 Å². The summed E-state index contributed by atoms with van der Waals surface area (Å²) in [5.41, 5.74) is 10.8. The average molecular weight is 304 g/mol. The molecule has 1 unspecified atom stereocenters. The highest BCUT2D eigenvalue weighted by atomic mass is 35.5. The van der Waals surface area contributed by atoms with Gasteiger partial charge in [0, 0.05) is 10.9 Å². The summed E-state index contributed by atoms with van der Waals surface area (Å²) in [6, 6.07) is 12.2. The molecule has 0 bridgehead atoms. The molecule has 0 amide bonds. The quantitative estimate of drug-likeness (QED) is 0.896. The monoisotopic (exact) mass is 303 g/mol. The van der Waals surface area contributed by atoms with Gasteiger partial charge in [-0.2, -0.15) is 0 Å². The summed E-state index contributed by atoms with van der Waals surface area (Å²) in [4.78, 5) is 0. The molecule has 0 aliphatic heterocycles. The highest BCUT2D eigenvalue weighted by molar-refractivity contribution is 6.31. The zero-order chi connectivity index (χ0) is 15.4. The maximum atomic E-state index is 6.27. The zero-order valence-corrected chi connectivity index (χ0v) is 13.6. The Bertz CT molecular complexity index is 625. The summed E-state index contributed by atoms with van der Waals surface area (Å²) in [5, 5.41) is 0.791. The van der Waals surface area contributed by atoms with Gasteiger partial charge in [-0.3, -0.25) is 0 Å². The highest BCUT2D eigenvalue weighted by Crippen LogP contribution is 2.32. The van der Waals surface area contributed by atoms with Crippen molar-refractivity contribution in [3.8, 4) is 5.75 Å². The van der Waals surface area contributed by atoms with E-state index in [-0.39, 0.29) is 5.92 Å². The lowest BCUT2D eigenvalue weighted by molar-refractivity contribution is 0.404. The molecule has 2 rings (SSSR count). The molecule has 0 fully saturated rings. The van der Waals surface area contributed by atoms with Crippen LogP contribution in [0.3, 0.4) is 0 Å². The molecular formula is C18H22ClNO. The Morgan fingerprint density at radius 3 is 2.43 bits per heavy atom. The van der Waals surface area contributed by atoms with Crippen molar-refractivity contribution in [1.82, 2.24) is 0 Å². The number of aryl methyl sites for hydroxylation is 2. The number of benzene rings is 2. The molecule has 0 aliphatic rings. The molecule has 21 heavy (non-hydrogen) atoms. The van der Waals surface area contributed by atoms with Crippen LogP contribution in [0.1, 0.15) is 28.2 Å². The molecule has 2 nitrogen and oxygen atoms in total. The van der Waals surface area contributed by atoms with Crippen LogP contribution in [-0.2, 0) is 6.42 Å². The van der Waals surface area contributed by atoms with E-state index in [1.54, 1.807) is 7.11 Å². The average Bonchev–Trinajstić information content (AvgIpc) is 2.49. The van der Waals surface area contributed by atoms with Gasteiger partial charge in [-0.05, 0) is 61.2 Å². The molecule has 112 valence electrons. The number of rotatable bonds is 5. The van der Waals surface area contributed by atoms with Crippen LogP contribution in [0.2, 0.25) is 5.02 Å². The van der Waals surface area contributed by atoms with E-state index in [1.807, 2.05) is 18.2 Å². The number of hydrogen-bond donors (Lipinski definition) is 1. The van der Waals surface area contributed by atoms with Crippen LogP contribution >= 0.6 is 11.6 Å². The fourth-order valence-corrected chi connectivity index (χ4v) is 2.77. The SMILES string of the molecule is COc1cc(C)c(C)cc1C(CN)Cc1ccccc1Cl. The molecule has 1 atom stereocenters. The van der Waals surface area contributed by atoms with Crippen LogP contribution in [-0.4, -0.2) is 13.7 Å². The second-order valence-corrected chi connectivity index (χ2v) is 5.81. The lowest BCUT2D eigenvalue weighted by Crippen LogP contribution is -2.16. The van der Waals surface area contributed by atoms with Gasteiger partial charge in [0.1, 0.15) is 5.75 Å². The van der Waals surface area contributed by atoms with Gasteiger partial charge in [0.15, 0.2) is 0 Å². The molecule has 3 heteroatoms. The Balaban J connectivity index is 2.38. The van der Waals surface area contributed by atoms with Crippen molar-refractivity contribution >= 4 is 11.6 Å². The topological polar surface area (TPSA) is 35.2 Å². The molecule has 0 heterocycles. The fourth-order valence-electron chi connectivity index (χ4n) is 2.56. The van der Waals surface area contributed by atoms with Crippen molar-refractivity contribution in [3.63, 3.8) is 0 Å². The molecule has 0 saturated carbocycles. The predicted octanol–water partition coefficient (Wildman–Crippen LogP) is 4.25. The number of hydrogen-bond acceptors (Lipinski definition) is 2. The fraction of sp³-hybridized carbons (Fsp3) is 0.333. The third-order valence-electron chi connectivity index (χ3n) is 3.99. The summed E-state index contributed by atoms with van der Waals surface area (Å²) >= 11 is 6.27. The molecule has 0 aromatic heterocycles. The first-order chi connectivity index (χ1) is 10.1. The highest BCUT2D eigenvalue weighted by Gasteiger charge is 2.17. The first kappa shape index (κ1) is 15.9. The van der Waals surface area contributed by atoms with E-state index < -0.39 is 0 Å². The van der Waals surface area contributed by atoms with Crippen LogP contribution in [0.5, 0.6) is 5.75 Å². The van der Waals surface area contributed by atoms with Crippen LogP contribution < -0.4 is 10.5 Å². The van der Waals surface area contributed by atoms with E-state index in [1.165, 1.54) is 11.1 Å². The summed E-state index contributed by atoms with van der Waals surface area (Å²) < 4.78 is 5.54. The first-order valence-electron chi connectivity index (χ1n) is 7.15. The van der Waals surface area contributed by atoms with Crippen molar-refractivity contribution in [2.24, 2.45) is 5.73 Å². The third kappa shape index (κ3) is 3.58.